The number of hydrogen-bond acceptors (Lipinski definition) is 2. The monoisotopic (exact) mass is 216 g/mol. The molecule has 1 rings (SSSR count). The maximum absolute atomic E-state index is 12.9. The summed E-state index contributed by atoms with van der Waals surface area (Å²) in [5.74, 6) is -0.344. The minimum Gasteiger partial charge on any atom is -0.326 e. The van der Waals surface area contributed by atoms with E-state index in [1.807, 2.05) is 6.92 Å². The van der Waals surface area contributed by atoms with Crippen LogP contribution in [0.5, 0.6) is 0 Å². The third kappa shape index (κ3) is 2.44. The minimum absolute atomic E-state index is 0.200. The molecule has 0 aliphatic rings. The highest BCUT2D eigenvalue weighted by molar-refractivity contribution is 6.31. The van der Waals surface area contributed by atoms with Gasteiger partial charge in [0.15, 0.2) is 0 Å². The minimum atomic E-state index is -0.414. The van der Waals surface area contributed by atoms with Crippen molar-refractivity contribution in [2.75, 3.05) is 0 Å². The smallest absolute Gasteiger partial charge is 0.123 e. The largest absolute Gasteiger partial charge is 0.326 e. The lowest BCUT2D eigenvalue weighted by Gasteiger charge is -2.19. The van der Waals surface area contributed by atoms with Gasteiger partial charge in [-0.1, -0.05) is 18.5 Å². The number of rotatable bonds is 3. The van der Waals surface area contributed by atoms with Crippen molar-refractivity contribution < 1.29 is 4.39 Å². The Bertz CT molecular complexity index is 317. The van der Waals surface area contributed by atoms with Gasteiger partial charge in [-0.25, -0.2) is 4.39 Å². The van der Waals surface area contributed by atoms with E-state index >= 15 is 0 Å². The van der Waals surface area contributed by atoms with Crippen LogP contribution in [0.25, 0.3) is 0 Å². The van der Waals surface area contributed by atoms with Gasteiger partial charge >= 0.3 is 0 Å². The summed E-state index contributed by atoms with van der Waals surface area (Å²) >= 11 is 5.89. The molecule has 0 aliphatic carbocycles. The van der Waals surface area contributed by atoms with Crippen molar-refractivity contribution >= 4 is 11.6 Å². The highest BCUT2D eigenvalue weighted by atomic mass is 35.5. The Hall–Kier alpha value is -0.640. The summed E-state index contributed by atoms with van der Waals surface area (Å²) in [5.41, 5.74) is 12.2. The van der Waals surface area contributed by atoms with Crippen molar-refractivity contribution in [3.8, 4) is 0 Å². The van der Waals surface area contributed by atoms with E-state index in [0.717, 1.165) is 6.42 Å². The van der Waals surface area contributed by atoms with Gasteiger partial charge in [0.2, 0.25) is 0 Å². The topological polar surface area (TPSA) is 52.0 Å². The number of benzene rings is 1. The molecule has 4 N–H and O–H groups in total. The van der Waals surface area contributed by atoms with E-state index in [1.165, 1.54) is 18.2 Å². The highest BCUT2D eigenvalue weighted by Crippen LogP contribution is 2.24. The fourth-order valence-corrected chi connectivity index (χ4v) is 1.50. The zero-order valence-electron chi connectivity index (χ0n) is 8.00. The lowest BCUT2D eigenvalue weighted by molar-refractivity contribution is 0.528. The van der Waals surface area contributed by atoms with Crippen LogP contribution in [-0.4, -0.2) is 6.04 Å². The molecule has 0 spiro atoms. The van der Waals surface area contributed by atoms with E-state index in [0.29, 0.717) is 10.6 Å². The molecular formula is C10H14ClFN2. The van der Waals surface area contributed by atoms with Crippen molar-refractivity contribution in [1.29, 1.82) is 0 Å². The fraction of sp³-hybridized carbons (Fsp3) is 0.400. The van der Waals surface area contributed by atoms with Gasteiger partial charge in [0.1, 0.15) is 5.82 Å². The van der Waals surface area contributed by atoms with Crippen molar-refractivity contribution in [2.24, 2.45) is 11.5 Å². The first-order valence-corrected chi connectivity index (χ1v) is 4.90. The molecule has 0 heterocycles. The van der Waals surface area contributed by atoms with Crippen LogP contribution in [0.3, 0.4) is 0 Å². The molecule has 0 saturated heterocycles. The first-order chi connectivity index (χ1) is 6.56. The van der Waals surface area contributed by atoms with Crippen LogP contribution in [0.4, 0.5) is 4.39 Å². The Morgan fingerprint density at radius 2 is 2.07 bits per heavy atom. The molecule has 14 heavy (non-hydrogen) atoms. The van der Waals surface area contributed by atoms with E-state index < -0.39 is 6.04 Å². The van der Waals surface area contributed by atoms with E-state index in [4.69, 9.17) is 23.1 Å². The van der Waals surface area contributed by atoms with Gasteiger partial charge in [0.05, 0.1) is 0 Å². The lowest BCUT2D eigenvalue weighted by atomic mass is 9.99. The molecule has 2 atom stereocenters. The number of nitrogens with two attached hydrogens (primary N) is 2. The lowest BCUT2D eigenvalue weighted by Crippen LogP contribution is -2.33. The molecule has 1 aromatic rings. The van der Waals surface area contributed by atoms with Crippen molar-refractivity contribution in [3.63, 3.8) is 0 Å². The Kier molecular flexibility index (Phi) is 3.86. The van der Waals surface area contributed by atoms with Crippen LogP contribution in [0, 0.1) is 5.82 Å². The molecule has 0 amide bonds. The fourth-order valence-electron chi connectivity index (χ4n) is 1.25. The molecule has 0 aliphatic heterocycles. The van der Waals surface area contributed by atoms with Crippen molar-refractivity contribution in [3.05, 3.63) is 34.6 Å². The Balaban J connectivity index is 2.99. The number of halogens is 2. The van der Waals surface area contributed by atoms with E-state index in [1.54, 1.807) is 0 Å². The van der Waals surface area contributed by atoms with Crippen LogP contribution in [0.2, 0.25) is 5.02 Å². The molecule has 0 radical (unpaired) electrons. The normalized spacial score (nSPS) is 15.2. The first-order valence-electron chi connectivity index (χ1n) is 4.52. The van der Waals surface area contributed by atoms with Crippen LogP contribution >= 0.6 is 11.6 Å². The maximum atomic E-state index is 12.9. The van der Waals surface area contributed by atoms with Crippen LogP contribution < -0.4 is 11.5 Å². The third-order valence-electron chi connectivity index (χ3n) is 2.25. The second-order valence-corrected chi connectivity index (χ2v) is 3.67. The molecule has 0 fully saturated rings. The summed E-state index contributed by atoms with van der Waals surface area (Å²) in [6.45, 7) is 1.93. The van der Waals surface area contributed by atoms with Crippen LogP contribution in [0.1, 0.15) is 24.9 Å². The first kappa shape index (κ1) is 11.4. The Labute approximate surface area is 88.0 Å². The van der Waals surface area contributed by atoms with Gasteiger partial charge in [0, 0.05) is 17.1 Å². The van der Waals surface area contributed by atoms with E-state index in [-0.39, 0.29) is 11.9 Å². The van der Waals surface area contributed by atoms with Crippen molar-refractivity contribution in [2.45, 2.75) is 25.4 Å². The van der Waals surface area contributed by atoms with Crippen LogP contribution in [-0.2, 0) is 0 Å². The molecule has 78 valence electrons. The van der Waals surface area contributed by atoms with Gasteiger partial charge < -0.3 is 11.5 Å². The molecule has 0 bridgehead atoms. The zero-order chi connectivity index (χ0) is 10.7. The number of hydrogen-bond donors (Lipinski definition) is 2. The van der Waals surface area contributed by atoms with Gasteiger partial charge in [-0.3, -0.25) is 0 Å². The predicted molar refractivity (Wildman–Crippen MR) is 56.6 cm³/mol. The van der Waals surface area contributed by atoms with Gasteiger partial charge in [0.25, 0.3) is 0 Å². The SMILES string of the molecule is CC[C@H](N)[C@@H](N)c1cc(F)ccc1Cl. The van der Waals surface area contributed by atoms with Gasteiger partial charge in [-0.2, -0.15) is 0 Å². The summed E-state index contributed by atoms with van der Waals surface area (Å²) < 4.78 is 12.9. The van der Waals surface area contributed by atoms with E-state index in [2.05, 4.69) is 0 Å². The summed E-state index contributed by atoms with van der Waals surface area (Å²) in [6.07, 6.45) is 0.730. The van der Waals surface area contributed by atoms with E-state index in [9.17, 15) is 4.39 Å². The molecule has 0 saturated carbocycles. The molecule has 0 unspecified atom stereocenters. The standard InChI is InChI=1S/C10H14ClFN2/c1-2-9(13)10(14)7-5-6(12)3-4-8(7)11/h3-5,9-10H,2,13-14H2,1H3/t9-,10-/m0/s1. The van der Waals surface area contributed by atoms with Crippen molar-refractivity contribution in [1.82, 2.24) is 0 Å². The summed E-state index contributed by atoms with van der Waals surface area (Å²) in [4.78, 5) is 0. The molecule has 1 aromatic carbocycles. The average molecular weight is 217 g/mol. The Morgan fingerprint density at radius 1 is 1.43 bits per heavy atom. The second-order valence-electron chi connectivity index (χ2n) is 3.26. The summed E-state index contributed by atoms with van der Waals surface area (Å²) in [7, 11) is 0. The molecule has 0 aromatic heterocycles. The summed E-state index contributed by atoms with van der Waals surface area (Å²) in [6, 6.07) is 3.52. The summed E-state index contributed by atoms with van der Waals surface area (Å²) in [5, 5.41) is 0.461. The highest BCUT2D eigenvalue weighted by Gasteiger charge is 2.16. The molecule has 4 heteroatoms. The van der Waals surface area contributed by atoms with Crippen LogP contribution in [0.15, 0.2) is 18.2 Å². The predicted octanol–water partition coefficient (Wildman–Crippen LogP) is 2.22. The Morgan fingerprint density at radius 3 is 2.64 bits per heavy atom. The molecular weight excluding hydrogens is 203 g/mol. The quantitative estimate of drug-likeness (QED) is 0.814. The second kappa shape index (κ2) is 4.73. The zero-order valence-corrected chi connectivity index (χ0v) is 8.76. The maximum Gasteiger partial charge on any atom is 0.123 e. The van der Waals surface area contributed by atoms with Gasteiger partial charge in [-0.15, -0.1) is 0 Å². The average Bonchev–Trinajstić information content (AvgIpc) is 2.19. The third-order valence-corrected chi connectivity index (χ3v) is 2.59. The van der Waals surface area contributed by atoms with Gasteiger partial charge in [-0.05, 0) is 30.2 Å². The molecule has 2 nitrogen and oxygen atoms in total.